The smallest absolute Gasteiger partial charge is 0.191 e. The fourth-order valence-corrected chi connectivity index (χ4v) is 3.61. The van der Waals surface area contributed by atoms with Gasteiger partial charge in [0.1, 0.15) is 0 Å². The van der Waals surface area contributed by atoms with Gasteiger partial charge < -0.3 is 20.3 Å². The predicted octanol–water partition coefficient (Wildman–Crippen LogP) is 1.39. The van der Waals surface area contributed by atoms with Crippen LogP contribution in [0, 0.1) is 5.92 Å². The Bertz CT molecular complexity index is 363. The second-order valence-corrected chi connectivity index (χ2v) is 7.24. The summed E-state index contributed by atoms with van der Waals surface area (Å²) in [5, 5.41) is 6.88. The molecule has 0 unspecified atom stereocenters. The molecule has 0 aromatic rings. The third-order valence-electron chi connectivity index (χ3n) is 5.15. The number of rotatable bonds is 9. The Hall–Kier alpha value is -0.850. The lowest BCUT2D eigenvalue weighted by Gasteiger charge is -2.31. The van der Waals surface area contributed by atoms with Gasteiger partial charge in [0.2, 0.25) is 0 Å². The van der Waals surface area contributed by atoms with Gasteiger partial charge in [-0.15, -0.1) is 0 Å². The largest absolute Gasteiger partial charge is 0.379 e. The number of guanidine groups is 1. The van der Waals surface area contributed by atoms with E-state index in [-0.39, 0.29) is 0 Å². The molecule has 2 saturated heterocycles. The van der Waals surface area contributed by atoms with Crippen LogP contribution in [0.15, 0.2) is 4.99 Å². The van der Waals surface area contributed by atoms with E-state index in [0.717, 1.165) is 70.8 Å². The first kappa shape index (κ1) is 20.5. The van der Waals surface area contributed by atoms with Gasteiger partial charge in [-0.1, -0.05) is 6.92 Å². The average molecular weight is 354 g/mol. The minimum atomic E-state index is 0.747. The Morgan fingerprint density at radius 2 is 1.72 bits per heavy atom. The highest BCUT2D eigenvalue weighted by Crippen LogP contribution is 2.17. The fourth-order valence-electron chi connectivity index (χ4n) is 3.61. The molecule has 2 N–H and O–H groups in total. The first-order chi connectivity index (χ1) is 12.3. The quantitative estimate of drug-likeness (QED) is 0.373. The molecule has 25 heavy (non-hydrogen) atoms. The maximum atomic E-state index is 5.40. The number of likely N-dealkylation sites (tertiary alicyclic amines) is 1. The van der Waals surface area contributed by atoms with Gasteiger partial charge in [0, 0.05) is 32.7 Å². The Balaban J connectivity index is 1.62. The van der Waals surface area contributed by atoms with Crippen LogP contribution in [0.3, 0.4) is 0 Å². The SMILES string of the molecule is CCCN1CCC(CN=C(NCC)NCCCN2CCOCC2)CC1. The van der Waals surface area contributed by atoms with Crippen molar-refractivity contribution < 1.29 is 4.74 Å². The summed E-state index contributed by atoms with van der Waals surface area (Å²) >= 11 is 0. The Labute approximate surface area is 154 Å². The number of morpholine rings is 1. The van der Waals surface area contributed by atoms with E-state index in [9.17, 15) is 0 Å². The molecule has 2 rings (SSSR count). The highest BCUT2D eigenvalue weighted by Gasteiger charge is 2.18. The molecular formula is C19H39N5O. The van der Waals surface area contributed by atoms with Crippen molar-refractivity contribution in [3.63, 3.8) is 0 Å². The van der Waals surface area contributed by atoms with Crippen LogP contribution in [-0.4, -0.2) is 87.9 Å². The lowest BCUT2D eigenvalue weighted by atomic mass is 9.97. The zero-order valence-electron chi connectivity index (χ0n) is 16.4. The molecule has 0 aromatic heterocycles. The maximum Gasteiger partial charge on any atom is 0.191 e. The predicted molar refractivity (Wildman–Crippen MR) is 105 cm³/mol. The van der Waals surface area contributed by atoms with Crippen molar-refractivity contribution in [2.75, 3.05) is 72.1 Å². The molecule has 2 aliphatic rings. The van der Waals surface area contributed by atoms with E-state index in [0.29, 0.717) is 0 Å². The fraction of sp³-hybridized carbons (Fsp3) is 0.947. The van der Waals surface area contributed by atoms with Gasteiger partial charge in [-0.3, -0.25) is 9.89 Å². The van der Waals surface area contributed by atoms with Crippen molar-refractivity contribution in [1.82, 2.24) is 20.4 Å². The van der Waals surface area contributed by atoms with E-state index in [4.69, 9.17) is 9.73 Å². The van der Waals surface area contributed by atoms with Gasteiger partial charge in [-0.25, -0.2) is 0 Å². The summed E-state index contributed by atoms with van der Waals surface area (Å²) in [5.74, 6) is 1.73. The van der Waals surface area contributed by atoms with Crippen LogP contribution in [0.2, 0.25) is 0 Å². The van der Waals surface area contributed by atoms with E-state index < -0.39 is 0 Å². The summed E-state index contributed by atoms with van der Waals surface area (Å²) in [5.41, 5.74) is 0. The van der Waals surface area contributed by atoms with E-state index >= 15 is 0 Å². The molecule has 0 radical (unpaired) electrons. The lowest BCUT2D eigenvalue weighted by Crippen LogP contribution is -2.41. The first-order valence-corrected chi connectivity index (χ1v) is 10.4. The van der Waals surface area contributed by atoms with Crippen LogP contribution in [0.5, 0.6) is 0 Å². The molecule has 2 fully saturated rings. The van der Waals surface area contributed by atoms with Crippen molar-refractivity contribution in [3.8, 4) is 0 Å². The summed E-state index contributed by atoms with van der Waals surface area (Å²) in [4.78, 5) is 9.91. The molecule has 0 bridgehead atoms. The molecule has 0 aromatic carbocycles. The number of nitrogens with zero attached hydrogens (tertiary/aromatic N) is 3. The number of hydrogen-bond acceptors (Lipinski definition) is 4. The van der Waals surface area contributed by atoms with Crippen LogP contribution in [-0.2, 0) is 4.74 Å². The van der Waals surface area contributed by atoms with Crippen LogP contribution in [0.4, 0.5) is 0 Å². The lowest BCUT2D eigenvalue weighted by molar-refractivity contribution is 0.0376. The van der Waals surface area contributed by atoms with Crippen molar-refractivity contribution in [2.45, 2.75) is 39.5 Å². The summed E-state index contributed by atoms with van der Waals surface area (Å²) in [6.45, 7) is 16.1. The number of nitrogens with one attached hydrogen (secondary N) is 2. The summed E-state index contributed by atoms with van der Waals surface area (Å²) in [6.07, 6.45) is 5.00. The summed E-state index contributed by atoms with van der Waals surface area (Å²) in [6, 6.07) is 0. The second kappa shape index (κ2) is 12.5. The molecule has 2 aliphatic heterocycles. The number of piperidine rings is 1. The Kier molecular flexibility index (Phi) is 10.2. The number of ether oxygens (including phenoxy) is 1. The Morgan fingerprint density at radius 1 is 1.00 bits per heavy atom. The van der Waals surface area contributed by atoms with E-state index in [1.807, 2.05) is 0 Å². The van der Waals surface area contributed by atoms with Gasteiger partial charge in [0.15, 0.2) is 5.96 Å². The third-order valence-corrected chi connectivity index (χ3v) is 5.15. The Morgan fingerprint density at radius 3 is 2.40 bits per heavy atom. The molecule has 6 nitrogen and oxygen atoms in total. The molecular weight excluding hydrogens is 314 g/mol. The van der Waals surface area contributed by atoms with E-state index in [2.05, 4.69) is 34.3 Å². The van der Waals surface area contributed by atoms with Crippen LogP contribution < -0.4 is 10.6 Å². The zero-order chi connectivity index (χ0) is 17.7. The third kappa shape index (κ3) is 8.38. The molecule has 0 spiro atoms. The van der Waals surface area contributed by atoms with Crippen molar-refractivity contribution in [2.24, 2.45) is 10.9 Å². The molecule has 6 heteroatoms. The highest BCUT2D eigenvalue weighted by atomic mass is 16.5. The second-order valence-electron chi connectivity index (χ2n) is 7.24. The number of aliphatic imine (C=N–C) groups is 1. The zero-order valence-corrected chi connectivity index (χ0v) is 16.4. The minimum Gasteiger partial charge on any atom is -0.379 e. The van der Waals surface area contributed by atoms with Gasteiger partial charge in [0.25, 0.3) is 0 Å². The standard InChI is InChI=1S/C19H39N5O/c1-3-9-23-11-6-18(7-12-23)17-22-19(20-4-2)21-8-5-10-24-13-15-25-16-14-24/h18H,3-17H2,1-2H3,(H2,20,21,22). The molecule has 146 valence electrons. The normalized spacial score (nSPS) is 21.4. The van der Waals surface area contributed by atoms with Gasteiger partial charge in [-0.05, 0) is 64.7 Å². The van der Waals surface area contributed by atoms with Crippen LogP contribution >= 0.6 is 0 Å². The molecule has 2 heterocycles. The molecule has 0 saturated carbocycles. The maximum absolute atomic E-state index is 5.40. The first-order valence-electron chi connectivity index (χ1n) is 10.4. The van der Waals surface area contributed by atoms with Gasteiger partial charge >= 0.3 is 0 Å². The molecule has 0 aliphatic carbocycles. The molecule has 0 amide bonds. The molecule has 0 atom stereocenters. The van der Waals surface area contributed by atoms with Gasteiger partial charge in [-0.2, -0.15) is 0 Å². The minimum absolute atomic E-state index is 0.747. The number of hydrogen-bond donors (Lipinski definition) is 2. The monoisotopic (exact) mass is 353 g/mol. The van der Waals surface area contributed by atoms with Crippen molar-refractivity contribution in [3.05, 3.63) is 0 Å². The average Bonchev–Trinajstić information content (AvgIpc) is 2.65. The van der Waals surface area contributed by atoms with Crippen LogP contribution in [0.1, 0.15) is 39.5 Å². The highest BCUT2D eigenvalue weighted by molar-refractivity contribution is 5.79. The van der Waals surface area contributed by atoms with E-state index in [1.165, 1.54) is 38.9 Å². The van der Waals surface area contributed by atoms with Crippen LogP contribution in [0.25, 0.3) is 0 Å². The van der Waals surface area contributed by atoms with Crippen molar-refractivity contribution >= 4 is 5.96 Å². The summed E-state index contributed by atoms with van der Waals surface area (Å²) in [7, 11) is 0. The van der Waals surface area contributed by atoms with E-state index in [1.54, 1.807) is 0 Å². The topological polar surface area (TPSA) is 52.1 Å². The van der Waals surface area contributed by atoms with Crippen molar-refractivity contribution in [1.29, 1.82) is 0 Å². The van der Waals surface area contributed by atoms with Gasteiger partial charge in [0.05, 0.1) is 13.2 Å². The summed E-state index contributed by atoms with van der Waals surface area (Å²) < 4.78 is 5.40.